The van der Waals surface area contributed by atoms with Crippen LogP contribution in [0.25, 0.3) is 11.1 Å². The van der Waals surface area contributed by atoms with E-state index in [1.165, 1.54) is 11.1 Å². The van der Waals surface area contributed by atoms with E-state index in [2.05, 4.69) is 29.6 Å². The summed E-state index contributed by atoms with van der Waals surface area (Å²) in [5, 5.41) is 3.98. The minimum atomic E-state index is -0.630. The molecule has 2 amide bonds. The fourth-order valence-corrected chi connectivity index (χ4v) is 3.99. The maximum Gasteiger partial charge on any atom is 0.434 e. The van der Waals surface area contributed by atoms with Crippen LogP contribution < -0.4 is 5.32 Å². The minimum absolute atomic E-state index is 0.0295. The van der Waals surface area contributed by atoms with Crippen LogP contribution in [0.15, 0.2) is 48.5 Å². The third-order valence-corrected chi connectivity index (χ3v) is 5.75. The third kappa shape index (κ3) is 4.33. The highest BCUT2D eigenvalue weighted by Crippen LogP contribution is 2.44. The van der Waals surface area contributed by atoms with Crippen LogP contribution in [-0.2, 0) is 14.4 Å². The van der Waals surface area contributed by atoms with Crippen molar-refractivity contribution in [2.24, 2.45) is 0 Å². The van der Waals surface area contributed by atoms with Crippen molar-refractivity contribution < 1.29 is 19.2 Å². The molecule has 2 aromatic carbocycles. The number of rotatable bonds is 8. The molecular formula is C24H28N2O4. The predicted molar refractivity (Wildman–Crippen MR) is 114 cm³/mol. The quantitative estimate of drug-likeness (QED) is 0.663. The summed E-state index contributed by atoms with van der Waals surface area (Å²) in [6, 6.07) is 16.6. The molecule has 2 aromatic rings. The summed E-state index contributed by atoms with van der Waals surface area (Å²) in [6.07, 6.45) is 3.22. The van der Waals surface area contributed by atoms with E-state index in [4.69, 9.17) is 9.57 Å². The standard InChI is InChI=1S/C24H28N2O4/c1-2-14-30-26(15-23(27)25-17-8-7-9-17)24(28)29-16-22-20-12-5-3-10-18(20)19-11-4-6-13-21(19)22/h3-6,10-13,17,22H,2,7-9,14-16H2,1H3,(H,25,27). The molecule has 0 atom stereocenters. The van der Waals surface area contributed by atoms with Gasteiger partial charge in [-0.1, -0.05) is 55.5 Å². The van der Waals surface area contributed by atoms with Gasteiger partial charge in [0.2, 0.25) is 5.91 Å². The van der Waals surface area contributed by atoms with Crippen molar-refractivity contribution in [3.63, 3.8) is 0 Å². The number of hydroxylamine groups is 2. The maximum absolute atomic E-state index is 12.7. The summed E-state index contributed by atoms with van der Waals surface area (Å²) < 4.78 is 5.63. The lowest BCUT2D eigenvalue weighted by Gasteiger charge is -2.28. The van der Waals surface area contributed by atoms with E-state index in [9.17, 15) is 9.59 Å². The van der Waals surface area contributed by atoms with Crippen LogP contribution in [-0.4, -0.2) is 42.9 Å². The summed E-state index contributed by atoms with van der Waals surface area (Å²) in [4.78, 5) is 30.5. The van der Waals surface area contributed by atoms with Crippen molar-refractivity contribution in [1.82, 2.24) is 10.4 Å². The Morgan fingerprint density at radius 3 is 2.23 bits per heavy atom. The number of fused-ring (bicyclic) bond motifs is 3. The van der Waals surface area contributed by atoms with Crippen molar-refractivity contribution in [1.29, 1.82) is 0 Å². The van der Waals surface area contributed by atoms with E-state index in [0.29, 0.717) is 6.61 Å². The smallest absolute Gasteiger partial charge is 0.434 e. The third-order valence-electron chi connectivity index (χ3n) is 5.75. The van der Waals surface area contributed by atoms with Gasteiger partial charge >= 0.3 is 6.09 Å². The van der Waals surface area contributed by atoms with E-state index in [1.807, 2.05) is 31.2 Å². The number of carbonyl (C=O) groups is 2. The highest BCUT2D eigenvalue weighted by atomic mass is 16.7. The maximum atomic E-state index is 12.7. The first-order chi connectivity index (χ1) is 14.7. The summed E-state index contributed by atoms with van der Waals surface area (Å²) in [7, 11) is 0. The van der Waals surface area contributed by atoms with E-state index in [-0.39, 0.29) is 31.0 Å². The molecule has 6 heteroatoms. The van der Waals surface area contributed by atoms with E-state index in [0.717, 1.165) is 41.9 Å². The molecule has 1 fully saturated rings. The Morgan fingerprint density at radius 1 is 1.03 bits per heavy atom. The van der Waals surface area contributed by atoms with Crippen molar-refractivity contribution in [3.8, 4) is 11.1 Å². The lowest BCUT2D eigenvalue weighted by Crippen LogP contribution is -2.46. The molecule has 4 rings (SSSR count). The zero-order chi connectivity index (χ0) is 20.9. The Balaban J connectivity index is 1.42. The number of ether oxygens (including phenoxy) is 1. The van der Waals surface area contributed by atoms with Crippen LogP contribution in [0.4, 0.5) is 4.79 Å². The number of hydrogen-bond donors (Lipinski definition) is 1. The van der Waals surface area contributed by atoms with Crippen molar-refractivity contribution in [2.75, 3.05) is 19.8 Å². The first kappa shape index (κ1) is 20.4. The molecule has 0 aliphatic heterocycles. The molecule has 1 N–H and O–H groups in total. The molecule has 0 bridgehead atoms. The fraction of sp³-hybridized carbons (Fsp3) is 0.417. The number of benzene rings is 2. The number of nitrogens with one attached hydrogen (secondary N) is 1. The fourth-order valence-electron chi connectivity index (χ4n) is 3.99. The molecular weight excluding hydrogens is 380 g/mol. The van der Waals surface area contributed by atoms with Gasteiger partial charge in [-0.3, -0.25) is 9.63 Å². The second-order valence-electron chi connectivity index (χ2n) is 7.87. The second-order valence-corrected chi connectivity index (χ2v) is 7.87. The molecule has 30 heavy (non-hydrogen) atoms. The highest BCUT2D eigenvalue weighted by Gasteiger charge is 2.30. The zero-order valence-corrected chi connectivity index (χ0v) is 17.3. The van der Waals surface area contributed by atoms with Crippen LogP contribution in [0, 0.1) is 0 Å². The van der Waals surface area contributed by atoms with Gasteiger partial charge in [0.1, 0.15) is 13.2 Å². The van der Waals surface area contributed by atoms with Gasteiger partial charge in [0, 0.05) is 12.0 Å². The van der Waals surface area contributed by atoms with E-state index in [1.54, 1.807) is 0 Å². The molecule has 0 saturated heterocycles. The molecule has 2 aliphatic rings. The number of carbonyl (C=O) groups excluding carboxylic acids is 2. The Kier molecular flexibility index (Phi) is 6.33. The molecule has 0 heterocycles. The van der Waals surface area contributed by atoms with Gasteiger partial charge in [-0.05, 0) is 47.9 Å². The number of hydrogen-bond acceptors (Lipinski definition) is 4. The molecule has 2 aliphatic carbocycles. The number of amides is 2. The lowest BCUT2D eigenvalue weighted by atomic mass is 9.93. The summed E-state index contributed by atoms with van der Waals surface area (Å²) in [6.45, 7) is 2.33. The first-order valence-electron chi connectivity index (χ1n) is 10.7. The largest absolute Gasteiger partial charge is 0.447 e. The van der Waals surface area contributed by atoms with Crippen molar-refractivity contribution in [3.05, 3.63) is 59.7 Å². The highest BCUT2D eigenvalue weighted by molar-refractivity contribution is 5.82. The Hall–Kier alpha value is -2.86. The normalized spacial score (nSPS) is 15.1. The van der Waals surface area contributed by atoms with Crippen LogP contribution >= 0.6 is 0 Å². The molecule has 1 saturated carbocycles. The molecule has 0 radical (unpaired) electrons. The van der Waals surface area contributed by atoms with Crippen molar-refractivity contribution in [2.45, 2.75) is 44.6 Å². The summed E-state index contributed by atoms with van der Waals surface area (Å²) in [5.41, 5.74) is 4.65. The summed E-state index contributed by atoms with van der Waals surface area (Å²) in [5.74, 6) is -0.248. The topological polar surface area (TPSA) is 67.9 Å². The minimum Gasteiger partial charge on any atom is -0.447 e. The van der Waals surface area contributed by atoms with Gasteiger partial charge < -0.3 is 10.1 Å². The molecule has 6 nitrogen and oxygen atoms in total. The van der Waals surface area contributed by atoms with Gasteiger partial charge in [0.15, 0.2) is 0 Å². The second kappa shape index (κ2) is 9.30. The van der Waals surface area contributed by atoms with Crippen LogP contribution in [0.5, 0.6) is 0 Å². The Bertz CT molecular complexity index is 864. The average molecular weight is 408 g/mol. The van der Waals surface area contributed by atoms with E-state index < -0.39 is 6.09 Å². The van der Waals surface area contributed by atoms with Crippen LogP contribution in [0.2, 0.25) is 0 Å². The number of nitrogens with zero attached hydrogens (tertiary/aromatic N) is 1. The van der Waals surface area contributed by atoms with Crippen LogP contribution in [0.1, 0.15) is 49.7 Å². The SMILES string of the molecule is CCCON(CC(=O)NC1CCC1)C(=O)OCC1c2ccccc2-c2ccccc21. The van der Waals surface area contributed by atoms with Gasteiger partial charge in [-0.2, -0.15) is 5.06 Å². The van der Waals surface area contributed by atoms with Gasteiger partial charge in [0.05, 0.1) is 6.61 Å². The Labute approximate surface area is 177 Å². The van der Waals surface area contributed by atoms with Crippen LogP contribution in [0.3, 0.4) is 0 Å². The van der Waals surface area contributed by atoms with Crippen molar-refractivity contribution >= 4 is 12.0 Å². The van der Waals surface area contributed by atoms with E-state index >= 15 is 0 Å². The van der Waals surface area contributed by atoms with Gasteiger partial charge in [-0.15, -0.1) is 0 Å². The monoisotopic (exact) mass is 408 g/mol. The lowest BCUT2D eigenvalue weighted by molar-refractivity contribution is -0.153. The zero-order valence-electron chi connectivity index (χ0n) is 17.3. The van der Waals surface area contributed by atoms with Gasteiger partial charge in [-0.25, -0.2) is 4.79 Å². The Morgan fingerprint density at radius 2 is 1.67 bits per heavy atom. The summed E-state index contributed by atoms with van der Waals surface area (Å²) >= 11 is 0. The average Bonchev–Trinajstić information content (AvgIpc) is 3.06. The van der Waals surface area contributed by atoms with Gasteiger partial charge in [0.25, 0.3) is 0 Å². The first-order valence-corrected chi connectivity index (χ1v) is 10.7. The predicted octanol–water partition coefficient (Wildman–Crippen LogP) is 4.25. The molecule has 158 valence electrons. The molecule has 0 aromatic heterocycles. The molecule has 0 unspecified atom stereocenters. The molecule has 0 spiro atoms.